The molecule has 126 valence electrons. The van der Waals surface area contributed by atoms with Gasteiger partial charge in [0, 0.05) is 5.92 Å². The molecule has 3 heteroatoms. The van der Waals surface area contributed by atoms with Gasteiger partial charge in [0.25, 0.3) is 0 Å². The lowest BCUT2D eigenvalue weighted by atomic mass is 9.72. The number of hydrogen-bond acceptors (Lipinski definition) is 2. The minimum Gasteiger partial charge on any atom is -0.403 e. The maximum atomic E-state index is 6.24. The quantitative estimate of drug-likeness (QED) is 0.719. The number of rotatable bonds is 4. The van der Waals surface area contributed by atoms with E-state index < -0.39 is 0 Å². The smallest absolute Gasteiger partial charge is 0.403 e. The van der Waals surface area contributed by atoms with Crippen molar-refractivity contribution in [2.75, 3.05) is 0 Å². The lowest BCUT2D eigenvalue weighted by molar-refractivity contribution is 0.00578. The molecule has 24 heavy (non-hydrogen) atoms. The van der Waals surface area contributed by atoms with Crippen LogP contribution in [0.3, 0.4) is 0 Å². The Morgan fingerprint density at radius 2 is 1.29 bits per heavy atom. The summed E-state index contributed by atoms with van der Waals surface area (Å²) in [7, 11) is -0.193. The van der Waals surface area contributed by atoms with Crippen LogP contribution < -0.4 is 0 Å². The lowest BCUT2D eigenvalue weighted by Gasteiger charge is -2.32. The second-order valence-electron chi connectivity index (χ2n) is 7.80. The Labute approximate surface area is 146 Å². The van der Waals surface area contributed by atoms with E-state index in [9.17, 15) is 0 Å². The minimum atomic E-state index is -0.286. The largest absolute Gasteiger partial charge is 0.458 e. The molecule has 0 aromatic heterocycles. The van der Waals surface area contributed by atoms with Crippen LogP contribution in [0.15, 0.2) is 54.6 Å². The highest BCUT2D eigenvalue weighted by atomic mass is 16.7. The van der Waals surface area contributed by atoms with Crippen molar-refractivity contribution < 1.29 is 9.31 Å². The van der Waals surface area contributed by atoms with E-state index in [0.29, 0.717) is 0 Å². The van der Waals surface area contributed by atoms with E-state index in [1.165, 1.54) is 16.7 Å². The first kappa shape index (κ1) is 17.3. The van der Waals surface area contributed by atoms with Gasteiger partial charge in [-0.3, -0.25) is 0 Å². The fourth-order valence-electron chi connectivity index (χ4n) is 3.20. The number of aryl methyl sites for hydroxylation is 1. The molecule has 0 aliphatic carbocycles. The van der Waals surface area contributed by atoms with Crippen LogP contribution in [0.5, 0.6) is 0 Å². The molecular weight excluding hydrogens is 295 g/mol. The summed E-state index contributed by atoms with van der Waals surface area (Å²) in [6, 6.07) is 19.4. The van der Waals surface area contributed by atoms with Crippen molar-refractivity contribution in [2.45, 2.75) is 58.1 Å². The van der Waals surface area contributed by atoms with Crippen LogP contribution in [0.2, 0.25) is 6.32 Å². The van der Waals surface area contributed by atoms with Crippen LogP contribution in [0, 0.1) is 6.92 Å². The van der Waals surface area contributed by atoms with Crippen molar-refractivity contribution in [1.82, 2.24) is 0 Å². The summed E-state index contributed by atoms with van der Waals surface area (Å²) in [6.45, 7) is 10.6. The van der Waals surface area contributed by atoms with Crippen molar-refractivity contribution in [2.24, 2.45) is 0 Å². The van der Waals surface area contributed by atoms with Gasteiger partial charge in [0.15, 0.2) is 0 Å². The Morgan fingerprint density at radius 3 is 1.83 bits per heavy atom. The molecule has 0 N–H and O–H groups in total. The first-order valence-electron chi connectivity index (χ1n) is 8.76. The zero-order chi connectivity index (χ0) is 17.4. The molecule has 1 fully saturated rings. The Hall–Kier alpha value is -1.58. The van der Waals surface area contributed by atoms with Crippen LogP contribution in [-0.4, -0.2) is 18.3 Å². The van der Waals surface area contributed by atoms with Crippen LogP contribution in [0.4, 0.5) is 0 Å². The summed E-state index contributed by atoms with van der Waals surface area (Å²) >= 11 is 0. The van der Waals surface area contributed by atoms with E-state index in [4.69, 9.17) is 9.31 Å². The highest BCUT2D eigenvalue weighted by Crippen LogP contribution is 2.41. The SMILES string of the molecule is Cc1ccc([C@H](CB2OC(C)(C)C(C)(C)O2)c2ccccc2)cc1. The van der Waals surface area contributed by atoms with Crippen molar-refractivity contribution in [3.05, 3.63) is 71.3 Å². The third-order valence-electron chi connectivity index (χ3n) is 5.41. The summed E-state index contributed by atoms with van der Waals surface area (Å²) in [6.07, 6.45) is 0.819. The molecule has 0 bridgehead atoms. The molecule has 0 unspecified atom stereocenters. The fourth-order valence-corrected chi connectivity index (χ4v) is 3.20. The highest BCUT2D eigenvalue weighted by molar-refractivity contribution is 6.45. The van der Waals surface area contributed by atoms with Crippen LogP contribution in [0.25, 0.3) is 0 Å². The molecule has 1 aliphatic heterocycles. The molecule has 1 saturated heterocycles. The minimum absolute atomic E-state index is 0.193. The van der Waals surface area contributed by atoms with Crippen molar-refractivity contribution >= 4 is 7.12 Å². The highest BCUT2D eigenvalue weighted by Gasteiger charge is 2.51. The van der Waals surface area contributed by atoms with E-state index in [1.54, 1.807) is 0 Å². The van der Waals surface area contributed by atoms with Crippen LogP contribution in [-0.2, 0) is 9.31 Å². The molecule has 1 aliphatic rings. The normalized spacial score (nSPS) is 20.1. The molecule has 0 radical (unpaired) electrons. The van der Waals surface area contributed by atoms with Gasteiger partial charge in [0.1, 0.15) is 0 Å². The van der Waals surface area contributed by atoms with Gasteiger partial charge in [-0.05, 0) is 52.1 Å². The average molecular weight is 322 g/mol. The first-order valence-corrected chi connectivity index (χ1v) is 8.76. The second kappa shape index (κ2) is 6.38. The summed E-state index contributed by atoms with van der Waals surface area (Å²) in [5, 5.41) is 0. The maximum absolute atomic E-state index is 6.24. The van der Waals surface area contributed by atoms with Gasteiger partial charge >= 0.3 is 7.12 Å². The molecule has 2 nitrogen and oxygen atoms in total. The fraction of sp³-hybridized carbons (Fsp3) is 0.429. The molecule has 0 spiro atoms. The molecule has 1 atom stereocenters. The van der Waals surface area contributed by atoms with Crippen LogP contribution in [0.1, 0.15) is 50.3 Å². The molecule has 0 saturated carbocycles. The van der Waals surface area contributed by atoms with Crippen molar-refractivity contribution in [1.29, 1.82) is 0 Å². The lowest BCUT2D eigenvalue weighted by Crippen LogP contribution is -2.41. The first-order chi connectivity index (χ1) is 11.3. The molecule has 0 amide bonds. The standard InChI is InChI=1S/C21H27BO2/c1-16-11-13-18(14-12-16)19(17-9-7-6-8-10-17)15-22-23-20(2,3)21(4,5)24-22/h6-14,19H,15H2,1-5H3/t19-/m1/s1. The van der Waals surface area contributed by atoms with Gasteiger partial charge in [-0.25, -0.2) is 0 Å². The molecule has 2 aromatic rings. The molecule has 1 heterocycles. The summed E-state index contributed by atoms with van der Waals surface area (Å²) in [4.78, 5) is 0. The Morgan fingerprint density at radius 1 is 0.792 bits per heavy atom. The van der Waals surface area contributed by atoms with Gasteiger partial charge in [0.2, 0.25) is 0 Å². The Bertz CT molecular complexity index is 661. The number of hydrogen-bond donors (Lipinski definition) is 0. The van der Waals surface area contributed by atoms with Gasteiger partial charge in [0.05, 0.1) is 11.2 Å². The summed E-state index contributed by atoms with van der Waals surface area (Å²) < 4.78 is 12.5. The zero-order valence-electron chi connectivity index (χ0n) is 15.4. The van der Waals surface area contributed by atoms with E-state index in [2.05, 4.69) is 89.2 Å². The third kappa shape index (κ3) is 3.43. The third-order valence-corrected chi connectivity index (χ3v) is 5.41. The van der Waals surface area contributed by atoms with Gasteiger partial charge in [-0.1, -0.05) is 60.2 Å². The van der Waals surface area contributed by atoms with Gasteiger partial charge in [-0.15, -0.1) is 0 Å². The molecule has 3 rings (SSSR count). The Kier molecular flexibility index (Phi) is 4.59. The molecule has 2 aromatic carbocycles. The predicted molar refractivity (Wildman–Crippen MR) is 100 cm³/mol. The zero-order valence-corrected chi connectivity index (χ0v) is 15.4. The van der Waals surface area contributed by atoms with Crippen molar-refractivity contribution in [3.8, 4) is 0 Å². The maximum Gasteiger partial charge on any atom is 0.458 e. The van der Waals surface area contributed by atoms with E-state index in [0.717, 1.165) is 6.32 Å². The van der Waals surface area contributed by atoms with Gasteiger partial charge in [-0.2, -0.15) is 0 Å². The second-order valence-corrected chi connectivity index (χ2v) is 7.80. The van der Waals surface area contributed by atoms with E-state index >= 15 is 0 Å². The average Bonchev–Trinajstić information content (AvgIpc) is 2.74. The van der Waals surface area contributed by atoms with Gasteiger partial charge < -0.3 is 9.31 Å². The van der Waals surface area contributed by atoms with E-state index in [-0.39, 0.29) is 24.2 Å². The predicted octanol–water partition coefficient (Wildman–Crippen LogP) is 5.22. The molecular formula is C21H27BO2. The summed E-state index contributed by atoms with van der Waals surface area (Å²) in [5.41, 5.74) is 3.32. The summed E-state index contributed by atoms with van der Waals surface area (Å²) in [5.74, 6) is 0.265. The monoisotopic (exact) mass is 322 g/mol. The van der Waals surface area contributed by atoms with Crippen LogP contribution >= 0.6 is 0 Å². The topological polar surface area (TPSA) is 18.5 Å². The Balaban J connectivity index is 1.88. The van der Waals surface area contributed by atoms with E-state index in [1.807, 2.05) is 0 Å². The van der Waals surface area contributed by atoms with Crippen molar-refractivity contribution in [3.63, 3.8) is 0 Å². The number of benzene rings is 2.